The van der Waals surface area contributed by atoms with Crippen LogP contribution in [0.3, 0.4) is 0 Å². The zero-order valence-corrected chi connectivity index (χ0v) is 16.0. The van der Waals surface area contributed by atoms with Crippen molar-refractivity contribution in [2.75, 3.05) is 7.11 Å². The van der Waals surface area contributed by atoms with E-state index in [4.69, 9.17) is 9.47 Å². The number of benzene rings is 3. The van der Waals surface area contributed by atoms with E-state index in [1.54, 1.807) is 30.3 Å². The topological polar surface area (TPSA) is 100 Å². The standard InChI is InChI=1S/C22H19FN2O5/c1-29-20-9-4-15(10-21(20)30-13-14-2-5-16(23)6-3-14)12-24-25-22(28)18-11-17(26)7-8-19(18)27/h2-12,26-27H,13H2,1H3,(H,25,28)/b24-12-. The van der Waals surface area contributed by atoms with E-state index >= 15 is 0 Å². The lowest BCUT2D eigenvalue weighted by atomic mass is 10.2. The number of nitrogens with one attached hydrogen (secondary N) is 1. The molecule has 154 valence electrons. The molecule has 0 radical (unpaired) electrons. The van der Waals surface area contributed by atoms with Crippen LogP contribution < -0.4 is 14.9 Å². The molecule has 3 N–H and O–H groups in total. The Kier molecular flexibility index (Phi) is 6.49. The van der Waals surface area contributed by atoms with Crippen molar-refractivity contribution in [3.8, 4) is 23.0 Å². The summed E-state index contributed by atoms with van der Waals surface area (Å²) in [6, 6.07) is 14.6. The van der Waals surface area contributed by atoms with E-state index < -0.39 is 5.91 Å². The van der Waals surface area contributed by atoms with Gasteiger partial charge in [-0.3, -0.25) is 4.79 Å². The Morgan fingerprint density at radius 3 is 2.57 bits per heavy atom. The lowest BCUT2D eigenvalue weighted by molar-refractivity contribution is 0.0952. The maximum Gasteiger partial charge on any atom is 0.275 e. The summed E-state index contributed by atoms with van der Waals surface area (Å²) < 4.78 is 24.1. The summed E-state index contributed by atoms with van der Waals surface area (Å²) in [6.07, 6.45) is 1.39. The number of ether oxygens (including phenoxy) is 2. The van der Waals surface area contributed by atoms with E-state index in [2.05, 4.69) is 10.5 Å². The van der Waals surface area contributed by atoms with Gasteiger partial charge in [-0.2, -0.15) is 5.10 Å². The lowest BCUT2D eigenvalue weighted by Crippen LogP contribution is -2.17. The minimum absolute atomic E-state index is 0.106. The molecule has 7 nitrogen and oxygen atoms in total. The third-order valence-electron chi connectivity index (χ3n) is 4.10. The zero-order valence-electron chi connectivity index (χ0n) is 16.0. The van der Waals surface area contributed by atoms with Gasteiger partial charge in [-0.1, -0.05) is 12.1 Å². The minimum atomic E-state index is -0.680. The van der Waals surface area contributed by atoms with Gasteiger partial charge in [0.15, 0.2) is 11.5 Å². The van der Waals surface area contributed by atoms with Crippen LogP contribution in [-0.4, -0.2) is 29.4 Å². The van der Waals surface area contributed by atoms with Crippen LogP contribution >= 0.6 is 0 Å². The molecule has 0 fully saturated rings. The Balaban J connectivity index is 1.68. The maximum absolute atomic E-state index is 13.0. The van der Waals surface area contributed by atoms with Gasteiger partial charge in [0.05, 0.1) is 18.9 Å². The number of methoxy groups -OCH3 is 1. The van der Waals surface area contributed by atoms with Gasteiger partial charge in [0.25, 0.3) is 5.91 Å². The molecule has 0 bridgehead atoms. The third kappa shape index (κ3) is 5.26. The molecule has 3 aromatic rings. The second-order valence-electron chi connectivity index (χ2n) is 6.23. The first kappa shape index (κ1) is 20.7. The highest BCUT2D eigenvalue weighted by Gasteiger charge is 2.11. The minimum Gasteiger partial charge on any atom is -0.508 e. The SMILES string of the molecule is COc1ccc(/C=N\NC(=O)c2cc(O)ccc2O)cc1OCc1ccc(F)cc1. The van der Waals surface area contributed by atoms with Crippen molar-refractivity contribution in [3.63, 3.8) is 0 Å². The van der Waals surface area contributed by atoms with Crippen molar-refractivity contribution in [2.45, 2.75) is 6.61 Å². The Bertz CT molecular complexity index is 1070. The van der Waals surface area contributed by atoms with Gasteiger partial charge < -0.3 is 19.7 Å². The van der Waals surface area contributed by atoms with E-state index in [0.717, 1.165) is 11.6 Å². The van der Waals surface area contributed by atoms with E-state index in [9.17, 15) is 19.4 Å². The molecular formula is C22H19FN2O5. The monoisotopic (exact) mass is 410 g/mol. The Morgan fingerprint density at radius 1 is 1.07 bits per heavy atom. The summed E-state index contributed by atoms with van der Waals surface area (Å²) in [5.74, 6) is -0.483. The number of nitrogens with zero attached hydrogens (tertiary/aromatic N) is 1. The van der Waals surface area contributed by atoms with Gasteiger partial charge >= 0.3 is 0 Å². The summed E-state index contributed by atoms with van der Waals surface area (Å²) >= 11 is 0. The third-order valence-corrected chi connectivity index (χ3v) is 4.10. The maximum atomic E-state index is 13.0. The van der Waals surface area contributed by atoms with Crippen LogP contribution in [0, 0.1) is 5.82 Å². The molecule has 0 atom stereocenters. The molecule has 0 unspecified atom stereocenters. The molecule has 0 heterocycles. The predicted molar refractivity (Wildman–Crippen MR) is 109 cm³/mol. The average molecular weight is 410 g/mol. The second-order valence-corrected chi connectivity index (χ2v) is 6.23. The fourth-order valence-corrected chi connectivity index (χ4v) is 2.56. The first-order valence-corrected chi connectivity index (χ1v) is 8.87. The number of hydrazone groups is 1. The van der Waals surface area contributed by atoms with Gasteiger partial charge in [-0.05, 0) is 59.7 Å². The van der Waals surface area contributed by atoms with Gasteiger partial charge in [0.2, 0.25) is 0 Å². The molecule has 30 heavy (non-hydrogen) atoms. The first-order valence-electron chi connectivity index (χ1n) is 8.87. The number of amides is 1. The van der Waals surface area contributed by atoms with Gasteiger partial charge in [0, 0.05) is 0 Å². The number of aromatic hydroxyl groups is 2. The fourth-order valence-electron chi connectivity index (χ4n) is 2.56. The van der Waals surface area contributed by atoms with E-state index in [-0.39, 0.29) is 29.5 Å². The number of hydrogen-bond donors (Lipinski definition) is 3. The molecular weight excluding hydrogens is 391 g/mol. The van der Waals surface area contributed by atoms with Crippen LogP contribution in [0.4, 0.5) is 4.39 Å². The molecule has 3 rings (SSSR count). The highest BCUT2D eigenvalue weighted by molar-refractivity contribution is 5.97. The smallest absolute Gasteiger partial charge is 0.275 e. The van der Waals surface area contributed by atoms with Crippen LogP contribution in [-0.2, 0) is 6.61 Å². The summed E-state index contributed by atoms with van der Waals surface area (Å²) in [7, 11) is 1.51. The molecule has 3 aromatic carbocycles. The van der Waals surface area contributed by atoms with Crippen LogP contribution in [0.5, 0.6) is 23.0 Å². The van der Waals surface area contributed by atoms with E-state index in [0.29, 0.717) is 17.1 Å². The Labute approximate surface area is 172 Å². The van der Waals surface area contributed by atoms with Crippen molar-refractivity contribution in [3.05, 3.63) is 83.2 Å². The van der Waals surface area contributed by atoms with Crippen molar-refractivity contribution < 1.29 is 28.9 Å². The number of hydrogen-bond acceptors (Lipinski definition) is 6. The van der Waals surface area contributed by atoms with Crippen LogP contribution in [0.1, 0.15) is 21.5 Å². The van der Waals surface area contributed by atoms with Gasteiger partial charge in [-0.25, -0.2) is 9.82 Å². The molecule has 8 heteroatoms. The Morgan fingerprint density at radius 2 is 1.83 bits per heavy atom. The Hall–Kier alpha value is -4.07. The van der Waals surface area contributed by atoms with E-state index in [1.165, 1.54) is 37.6 Å². The van der Waals surface area contributed by atoms with Crippen LogP contribution in [0.25, 0.3) is 0 Å². The quantitative estimate of drug-likeness (QED) is 0.314. The largest absolute Gasteiger partial charge is 0.508 e. The van der Waals surface area contributed by atoms with Crippen molar-refractivity contribution in [1.29, 1.82) is 0 Å². The number of phenolic OH excluding ortho intramolecular Hbond substituents is 2. The summed E-state index contributed by atoms with van der Waals surface area (Å²) in [4.78, 5) is 12.1. The van der Waals surface area contributed by atoms with Crippen molar-refractivity contribution in [1.82, 2.24) is 5.43 Å². The zero-order chi connectivity index (χ0) is 21.5. The summed E-state index contributed by atoms with van der Waals surface area (Å²) in [5, 5.41) is 23.0. The summed E-state index contributed by atoms with van der Waals surface area (Å²) in [5.41, 5.74) is 3.58. The number of carbonyl (C=O) groups is 1. The normalized spacial score (nSPS) is 10.7. The highest BCUT2D eigenvalue weighted by atomic mass is 19.1. The molecule has 0 spiro atoms. The number of phenols is 2. The molecule has 0 aliphatic carbocycles. The molecule has 0 aromatic heterocycles. The van der Waals surface area contributed by atoms with Gasteiger partial charge in [0.1, 0.15) is 23.9 Å². The van der Waals surface area contributed by atoms with E-state index in [1.807, 2.05) is 0 Å². The molecule has 0 aliphatic heterocycles. The van der Waals surface area contributed by atoms with Crippen molar-refractivity contribution in [2.24, 2.45) is 5.10 Å². The number of rotatable bonds is 7. The highest BCUT2D eigenvalue weighted by Crippen LogP contribution is 2.28. The lowest BCUT2D eigenvalue weighted by Gasteiger charge is -2.11. The summed E-state index contributed by atoms with van der Waals surface area (Å²) in [6.45, 7) is 0.213. The van der Waals surface area contributed by atoms with Crippen molar-refractivity contribution >= 4 is 12.1 Å². The molecule has 1 amide bonds. The second kappa shape index (κ2) is 9.42. The molecule has 0 saturated heterocycles. The van der Waals surface area contributed by atoms with Crippen LogP contribution in [0.2, 0.25) is 0 Å². The molecule has 0 aliphatic rings. The number of halogens is 1. The predicted octanol–water partition coefficient (Wildman–Crippen LogP) is 3.59. The first-order chi connectivity index (χ1) is 14.5. The van der Waals surface area contributed by atoms with Crippen LogP contribution in [0.15, 0.2) is 65.8 Å². The average Bonchev–Trinajstić information content (AvgIpc) is 2.75. The van der Waals surface area contributed by atoms with Gasteiger partial charge in [-0.15, -0.1) is 0 Å². The fraction of sp³-hybridized carbons (Fsp3) is 0.0909. The number of carbonyl (C=O) groups excluding carboxylic acids is 1. The molecule has 0 saturated carbocycles.